The quantitative estimate of drug-likeness (QED) is 0.515. The van der Waals surface area contributed by atoms with E-state index < -0.39 is 13.9 Å². The summed E-state index contributed by atoms with van der Waals surface area (Å²) in [7, 11) is -1.14. The summed E-state index contributed by atoms with van der Waals surface area (Å²) >= 11 is 0. The topological polar surface area (TPSA) is 29.5 Å². The first kappa shape index (κ1) is 21.1. The summed E-state index contributed by atoms with van der Waals surface area (Å²) in [5.41, 5.74) is -0.200. The number of rotatable bonds is 6. The summed E-state index contributed by atoms with van der Waals surface area (Å²) in [5, 5.41) is 11.1. The van der Waals surface area contributed by atoms with Gasteiger partial charge in [-0.25, -0.2) is 0 Å². The van der Waals surface area contributed by atoms with E-state index in [4.69, 9.17) is 4.74 Å². The molecule has 0 aliphatic rings. The van der Waals surface area contributed by atoms with Crippen LogP contribution in [0.5, 0.6) is 0 Å². The first-order valence-corrected chi connectivity index (χ1v) is 12.0. The highest BCUT2D eigenvalue weighted by Gasteiger charge is 2.53. The van der Waals surface area contributed by atoms with Gasteiger partial charge in [-0.3, -0.25) is 0 Å². The Kier molecular flexibility index (Phi) is 6.37. The van der Waals surface area contributed by atoms with E-state index in [0.717, 1.165) is 12.5 Å². The summed E-state index contributed by atoms with van der Waals surface area (Å²) < 4.78 is 6.03. The number of aliphatic hydroxyl groups is 1. The molecule has 3 heteroatoms. The van der Waals surface area contributed by atoms with Crippen LogP contribution in [0.15, 0.2) is 0 Å². The largest absolute Gasteiger partial charge is 0.365 e. The molecule has 0 radical (unpaired) electrons. The Hall–Kier alpha value is 0.137. The minimum Gasteiger partial charge on any atom is -0.365 e. The molecule has 2 unspecified atom stereocenters. The smallest absolute Gasteiger partial charge is 0.168 e. The first-order valence-electron chi connectivity index (χ1n) is 8.28. The molecule has 0 aliphatic carbocycles. The van der Waals surface area contributed by atoms with Crippen LogP contribution in [0, 0.1) is 16.2 Å². The second-order valence-corrected chi connectivity index (χ2v) is 16.1. The molecule has 2 atom stereocenters. The molecule has 0 saturated carbocycles. The van der Waals surface area contributed by atoms with Crippen molar-refractivity contribution in [1.29, 1.82) is 0 Å². The molecule has 21 heavy (non-hydrogen) atoms. The first-order chi connectivity index (χ1) is 8.91. The van der Waals surface area contributed by atoms with E-state index >= 15 is 0 Å². The molecule has 0 aromatic heterocycles. The summed E-state index contributed by atoms with van der Waals surface area (Å²) in [6.07, 6.45) is 0.920. The monoisotopic (exact) mass is 316 g/mol. The Morgan fingerprint density at radius 3 is 1.57 bits per heavy atom. The van der Waals surface area contributed by atoms with Gasteiger partial charge in [-0.1, -0.05) is 68.1 Å². The summed E-state index contributed by atoms with van der Waals surface area (Å²) in [6, 6.07) is 1.08. The van der Waals surface area contributed by atoms with Gasteiger partial charge in [-0.2, -0.15) is 0 Å². The molecule has 0 fully saturated rings. The van der Waals surface area contributed by atoms with E-state index in [-0.39, 0.29) is 16.2 Å². The Balaban J connectivity index is 5.23. The van der Waals surface area contributed by atoms with E-state index in [1.807, 2.05) is 6.92 Å². The van der Waals surface area contributed by atoms with Gasteiger partial charge in [0, 0.05) is 20.1 Å². The molecule has 1 N–H and O–H groups in total. The van der Waals surface area contributed by atoms with Crippen LogP contribution < -0.4 is 0 Å². The highest BCUT2D eigenvalue weighted by atomic mass is 28.3. The molecule has 0 rings (SSSR count). The Bertz CT molecular complexity index is 329. The molecule has 128 valence electrons. The van der Waals surface area contributed by atoms with Crippen molar-refractivity contribution in [1.82, 2.24) is 0 Å². The number of hydrogen-bond donors (Lipinski definition) is 1. The zero-order chi connectivity index (χ0) is 17.3. The Labute approximate surface area is 134 Å². The van der Waals surface area contributed by atoms with Gasteiger partial charge in [0.1, 0.15) is 0 Å². The molecule has 2 nitrogen and oxygen atoms in total. The van der Waals surface area contributed by atoms with Crippen LogP contribution >= 0.6 is 0 Å². The van der Waals surface area contributed by atoms with Gasteiger partial charge >= 0.3 is 0 Å². The van der Waals surface area contributed by atoms with Crippen LogP contribution in [0.2, 0.25) is 25.7 Å². The maximum atomic E-state index is 11.1. The average molecular weight is 317 g/mol. The molecular formula is C18H40O2Si. The van der Waals surface area contributed by atoms with Crippen molar-refractivity contribution in [3.05, 3.63) is 0 Å². The maximum Gasteiger partial charge on any atom is 0.168 e. The van der Waals surface area contributed by atoms with Crippen molar-refractivity contribution in [2.24, 2.45) is 16.2 Å². The van der Waals surface area contributed by atoms with Crippen molar-refractivity contribution in [2.75, 3.05) is 6.61 Å². The molecule has 0 saturated heterocycles. The fourth-order valence-electron chi connectivity index (χ4n) is 2.90. The van der Waals surface area contributed by atoms with Gasteiger partial charge in [0.15, 0.2) is 5.79 Å². The normalized spacial score (nSPS) is 20.0. The average Bonchev–Trinajstić information content (AvgIpc) is 2.09. The van der Waals surface area contributed by atoms with Gasteiger partial charge in [0.05, 0.1) is 0 Å². The summed E-state index contributed by atoms with van der Waals surface area (Å²) in [4.78, 5) is 0. The van der Waals surface area contributed by atoms with Gasteiger partial charge < -0.3 is 9.84 Å². The maximum absolute atomic E-state index is 11.1. The second kappa shape index (κ2) is 6.33. The molecule has 0 spiro atoms. The lowest BCUT2D eigenvalue weighted by molar-refractivity contribution is -0.289. The standard InChI is InChI=1S/C18H40O2Si/c1-15(2,3)14-17(7,16(4,5)6)18(8,19)20-12-13-21(9,10)11/h19H,12-14H2,1-11H3. The van der Waals surface area contributed by atoms with Crippen LogP contribution in [0.25, 0.3) is 0 Å². The number of hydrogen-bond acceptors (Lipinski definition) is 2. The second-order valence-electron chi connectivity index (χ2n) is 10.5. The molecule has 0 bridgehead atoms. The van der Waals surface area contributed by atoms with Crippen LogP contribution in [-0.4, -0.2) is 25.6 Å². The zero-order valence-corrected chi connectivity index (χ0v) is 17.5. The lowest BCUT2D eigenvalue weighted by atomic mass is 9.57. The highest BCUT2D eigenvalue weighted by Crippen LogP contribution is 2.53. The highest BCUT2D eigenvalue weighted by molar-refractivity contribution is 6.76. The fourth-order valence-corrected chi connectivity index (χ4v) is 3.62. The fraction of sp³-hybridized carbons (Fsp3) is 1.00. The van der Waals surface area contributed by atoms with E-state index in [2.05, 4.69) is 68.1 Å². The van der Waals surface area contributed by atoms with Crippen LogP contribution in [0.3, 0.4) is 0 Å². The van der Waals surface area contributed by atoms with Gasteiger partial charge in [-0.15, -0.1) is 0 Å². The number of ether oxygens (including phenoxy) is 1. The third-order valence-electron chi connectivity index (χ3n) is 4.80. The lowest BCUT2D eigenvalue weighted by Gasteiger charge is -2.53. The SMILES string of the molecule is CC(C)(C)CC(C)(C(C)(C)C)C(C)(O)OCC[Si](C)(C)C. The predicted molar refractivity (Wildman–Crippen MR) is 96.4 cm³/mol. The molecule has 0 aliphatic heterocycles. The van der Waals surface area contributed by atoms with Crippen LogP contribution in [-0.2, 0) is 4.74 Å². The molecule has 0 amide bonds. The van der Waals surface area contributed by atoms with Crippen molar-refractivity contribution in [3.63, 3.8) is 0 Å². The van der Waals surface area contributed by atoms with Crippen molar-refractivity contribution in [2.45, 2.75) is 93.3 Å². The molecular weight excluding hydrogens is 276 g/mol. The summed E-state index contributed by atoms with van der Waals surface area (Å²) in [6.45, 7) is 25.0. The lowest BCUT2D eigenvalue weighted by Crippen LogP contribution is -2.55. The predicted octanol–water partition coefficient (Wildman–Crippen LogP) is 5.54. The van der Waals surface area contributed by atoms with Crippen LogP contribution in [0.4, 0.5) is 0 Å². The molecule has 0 aromatic rings. The molecule has 0 aromatic carbocycles. The van der Waals surface area contributed by atoms with Crippen LogP contribution in [0.1, 0.15) is 61.8 Å². The van der Waals surface area contributed by atoms with Gasteiger partial charge in [0.25, 0.3) is 0 Å². The van der Waals surface area contributed by atoms with E-state index in [9.17, 15) is 5.11 Å². The van der Waals surface area contributed by atoms with E-state index in [1.165, 1.54) is 0 Å². The van der Waals surface area contributed by atoms with Gasteiger partial charge in [0.2, 0.25) is 0 Å². The van der Waals surface area contributed by atoms with E-state index in [0.29, 0.717) is 6.61 Å². The minimum absolute atomic E-state index is 0.0387. The zero-order valence-electron chi connectivity index (χ0n) is 16.5. The summed E-state index contributed by atoms with van der Waals surface area (Å²) in [5.74, 6) is -1.11. The third-order valence-corrected chi connectivity index (χ3v) is 6.50. The third kappa shape index (κ3) is 6.41. The Morgan fingerprint density at radius 2 is 1.29 bits per heavy atom. The van der Waals surface area contributed by atoms with E-state index in [1.54, 1.807) is 0 Å². The van der Waals surface area contributed by atoms with Crippen molar-refractivity contribution < 1.29 is 9.84 Å². The van der Waals surface area contributed by atoms with Gasteiger partial charge in [-0.05, 0) is 30.2 Å². The molecule has 0 heterocycles. The van der Waals surface area contributed by atoms with Crippen molar-refractivity contribution >= 4 is 8.07 Å². The van der Waals surface area contributed by atoms with Crippen molar-refractivity contribution in [3.8, 4) is 0 Å². The Morgan fingerprint density at radius 1 is 0.857 bits per heavy atom. The minimum atomic E-state index is -1.14.